The van der Waals surface area contributed by atoms with E-state index in [1.54, 1.807) is 0 Å². The Balaban J connectivity index is 2.94. The standard InChI is InChI=1S/C18H12O7/c1-9(21)12-5-14(16(8-20)15(6-12)18(24)25)13-4-10(17(22)23)2-3-11(13)7-19/h2-8H,1H3,(H,22,23)(H,24,25). The molecule has 0 aliphatic heterocycles. The first-order chi connectivity index (χ1) is 11.8. The van der Waals surface area contributed by atoms with Crippen molar-refractivity contribution in [2.75, 3.05) is 0 Å². The third-order valence-electron chi connectivity index (χ3n) is 3.65. The highest BCUT2D eigenvalue weighted by Crippen LogP contribution is 2.30. The van der Waals surface area contributed by atoms with Gasteiger partial charge < -0.3 is 10.2 Å². The molecular formula is C18H12O7. The molecule has 0 aromatic heterocycles. The third kappa shape index (κ3) is 3.35. The number of hydrogen-bond acceptors (Lipinski definition) is 5. The Hall–Kier alpha value is -3.61. The second-order valence-corrected chi connectivity index (χ2v) is 5.19. The summed E-state index contributed by atoms with van der Waals surface area (Å²) in [5.74, 6) is -3.12. The summed E-state index contributed by atoms with van der Waals surface area (Å²) < 4.78 is 0. The van der Waals surface area contributed by atoms with Gasteiger partial charge in [0.15, 0.2) is 18.4 Å². The second-order valence-electron chi connectivity index (χ2n) is 5.19. The number of rotatable bonds is 6. The Kier molecular flexibility index (Phi) is 4.88. The van der Waals surface area contributed by atoms with Crippen molar-refractivity contribution in [2.45, 2.75) is 6.92 Å². The minimum absolute atomic E-state index is 0.00491. The van der Waals surface area contributed by atoms with Crippen molar-refractivity contribution in [3.8, 4) is 11.1 Å². The molecule has 0 fully saturated rings. The molecule has 0 aliphatic carbocycles. The molecule has 0 atom stereocenters. The van der Waals surface area contributed by atoms with E-state index < -0.39 is 23.3 Å². The Morgan fingerprint density at radius 1 is 0.840 bits per heavy atom. The molecule has 2 rings (SSSR count). The number of carbonyl (C=O) groups excluding carboxylic acids is 3. The number of ketones is 1. The zero-order chi connectivity index (χ0) is 18.7. The number of aldehydes is 2. The minimum atomic E-state index is -1.42. The van der Waals surface area contributed by atoms with Gasteiger partial charge in [-0.1, -0.05) is 6.07 Å². The van der Waals surface area contributed by atoms with Crippen molar-refractivity contribution in [3.63, 3.8) is 0 Å². The van der Waals surface area contributed by atoms with Gasteiger partial charge in [0.2, 0.25) is 0 Å². The van der Waals surface area contributed by atoms with Gasteiger partial charge in [-0.3, -0.25) is 14.4 Å². The highest BCUT2D eigenvalue weighted by Gasteiger charge is 2.21. The molecule has 2 N–H and O–H groups in total. The van der Waals surface area contributed by atoms with E-state index in [2.05, 4.69) is 0 Å². The number of Topliss-reactive ketones (excluding diaryl/α,β-unsaturated/α-hetero) is 1. The molecule has 0 aliphatic rings. The molecule has 25 heavy (non-hydrogen) atoms. The maximum absolute atomic E-state index is 11.7. The number of carboxylic acids is 2. The third-order valence-corrected chi connectivity index (χ3v) is 3.65. The van der Waals surface area contributed by atoms with E-state index in [0.717, 1.165) is 12.1 Å². The molecule has 0 spiro atoms. The van der Waals surface area contributed by atoms with Crippen LogP contribution in [-0.2, 0) is 0 Å². The molecule has 0 radical (unpaired) electrons. The van der Waals surface area contributed by atoms with Crippen LogP contribution in [0.3, 0.4) is 0 Å². The smallest absolute Gasteiger partial charge is 0.336 e. The van der Waals surface area contributed by atoms with E-state index >= 15 is 0 Å². The summed E-state index contributed by atoms with van der Waals surface area (Å²) in [6.07, 6.45) is 0.751. The van der Waals surface area contributed by atoms with Crippen LogP contribution in [0.1, 0.15) is 58.7 Å². The first-order valence-corrected chi connectivity index (χ1v) is 7.00. The van der Waals surface area contributed by atoms with E-state index in [1.165, 1.54) is 25.1 Å². The van der Waals surface area contributed by atoms with E-state index in [-0.39, 0.29) is 33.4 Å². The molecule has 7 heteroatoms. The second kappa shape index (κ2) is 6.88. The maximum Gasteiger partial charge on any atom is 0.336 e. The van der Waals surface area contributed by atoms with Crippen molar-refractivity contribution in [3.05, 3.63) is 58.1 Å². The summed E-state index contributed by atoms with van der Waals surface area (Å²) in [6, 6.07) is 5.96. The molecule has 0 unspecified atom stereocenters. The minimum Gasteiger partial charge on any atom is -0.478 e. The fourth-order valence-corrected chi connectivity index (χ4v) is 2.41. The Morgan fingerprint density at radius 2 is 1.48 bits per heavy atom. The van der Waals surface area contributed by atoms with Gasteiger partial charge in [-0.15, -0.1) is 0 Å². The monoisotopic (exact) mass is 340 g/mol. The van der Waals surface area contributed by atoms with E-state index in [1.807, 2.05) is 0 Å². The van der Waals surface area contributed by atoms with Gasteiger partial charge in [0, 0.05) is 16.7 Å². The summed E-state index contributed by atoms with van der Waals surface area (Å²) in [4.78, 5) is 57.1. The highest BCUT2D eigenvalue weighted by atomic mass is 16.4. The van der Waals surface area contributed by atoms with Gasteiger partial charge in [-0.05, 0) is 42.3 Å². The van der Waals surface area contributed by atoms with Crippen molar-refractivity contribution in [1.29, 1.82) is 0 Å². The lowest BCUT2D eigenvalue weighted by molar-refractivity contribution is 0.0685. The molecule has 7 nitrogen and oxygen atoms in total. The molecule has 126 valence electrons. The number of aromatic carboxylic acids is 2. The summed E-state index contributed by atoms with van der Waals surface area (Å²) in [5.41, 5.74) is -0.658. The molecule has 0 saturated carbocycles. The van der Waals surface area contributed by atoms with Crippen LogP contribution in [0.4, 0.5) is 0 Å². The lowest BCUT2D eigenvalue weighted by Gasteiger charge is -2.13. The molecule has 0 heterocycles. The zero-order valence-electron chi connectivity index (χ0n) is 13.0. The van der Waals surface area contributed by atoms with E-state index in [0.29, 0.717) is 12.6 Å². The summed E-state index contributed by atoms with van der Waals surface area (Å²) in [5, 5.41) is 18.4. The zero-order valence-corrected chi connectivity index (χ0v) is 13.0. The largest absolute Gasteiger partial charge is 0.478 e. The predicted octanol–water partition coefficient (Wildman–Crippen LogP) is 2.58. The van der Waals surface area contributed by atoms with Crippen molar-refractivity contribution < 1.29 is 34.2 Å². The lowest BCUT2D eigenvalue weighted by Crippen LogP contribution is -2.08. The number of carbonyl (C=O) groups is 5. The van der Waals surface area contributed by atoms with Crippen LogP contribution in [0, 0.1) is 0 Å². The Labute approximate surface area is 141 Å². The van der Waals surface area contributed by atoms with E-state index in [4.69, 9.17) is 5.11 Å². The van der Waals surface area contributed by atoms with Crippen molar-refractivity contribution in [1.82, 2.24) is 0 Å². The van der Waals surface area contributed by atoms with Crippen LogP contribution >= 0.6 is 0 Å². The topological polar surface area (TPSA) is 126 Å². The van der Waals surface area contributed by atoms with Crippen molar-refractivity contribution in [2.24, 2.45) is 0 Å². The number of benzene rings is 2. The fraction of sp³-hybridized carbons (Fsp3) is 0.0556. The Bertz CT molecular complexity index is 925. The van der Waals surface area contributed by atoms with Crippen LogP contribution in [-0.4, -0.2) is 40.5 Å². The van der Waals surface area contributed by atoms with Crippen LogP contribution in [0.2, 0.25) is 0 Å². The van der Waals surface area contributed by atoms with Gasteiger partial charge in [0.1, 0.15) is 0 Å². The SMILES string of the molecule is CC(=O)c1cc(C(=O)O)c(C=O)c(-c2cc(C(=O)O)ccc2C=O)c1. The van der Waals surface area contributed by atoms with Gasteiger partial charge in [-0.2, -0.15) is 0 Å². The Morgan fingerprint density at radius 3 is 1.96 bits per heavy atom. The van der Waals surface area contributed by atoms with E-state index in [9.17, 15) is 29.1 Å². The van der Waals surface area contributed by atoms with Gasteiger partial charge in [-0.25, -0.2) is 9.59 Å². The first-order valence-electron chi connectivity index (χ1n) is 7.00. The summed E-state index contributed by atoms with van der Waals surface area (Å²) in [6.45, 7) is 1.22. The fourth-order valence-electron chi connectivity index (χ4n) is 2.41. The summed E-state index contributed by atoms with van der Waals surface area (Å²) >= 11 is 0. The molecule has 0 saturated heterocycles. The van der Waals surface area contributed by atoms with Crippen LogP contribution in [0.5, 0.6) is 0 Å². The first kappa shape index (κ1) is 17.7. The maximum atomic E-state index is 11.7. The van der Waals surface area contributed by atoms with Gasteiger partial charge >= 0.3 is 11.9 Å². The molecule has 2 aromatic rings. The van der Waals surface area contributed by atoms with Crippen LogP contribution in [0.15, 0.2) is 30.3 Å². The van der Waals surface area contributed by atoms with Gasteiger partial charge in [0.05, 0.1) is 11.1 Å². The van der Waals surface area contributed by atoms with Crippen LogP contribution in [0.25, 0.3) is 11.1 Å². The molecule has 0 bridgehead atoms. The average molecular weight is 340 g/mol. The quantitative estimate of drug-likeness (QED) is 0.611. The van der Waals surface area contributed by atoms with Crippen LogP contribution < -0.4 is 0 Å². The number of carboxylic acid groups (broad SMARTS) is 2. The summed E-state index contributed by atoms with van der Waals surface area (Å²) in [7, 11) is 0. The predicted molar refractivity (Wildman–Crippen MR) is 86.6 cm³/mol. The number of hydrogen-bond donors (Lipinski definition) is 2. The van der Waals surface area contributed by atoms with Gasteiger partial charge in [0.25, 0.3) is 0 Å². The molecular weight excluding hydrogens is 328 g/mol. The molecule has 0 amide bonds. The molecule has 2 aromatic carbocycles. The lowest BCUT2D eigenvalue weighted by atomic mass is 9.89. The highest BCUT2D eigenvalue weighted by molar-refractivity contribution is 6.08. The average Bonchev–Trinajstić information content (AvgIpc) is 2.59. The van der Waals surface area contributed by atoms with Crippen molar-refractivity contribution >= 4 is 30.3 Å². The normalized spacial score (nSPS) is 10.1.